The van der Waals surface area contributed by atoms with E-state index in [-0.39, 0.29) is 5.91 Å². The first kappa shape index (κ1) is 21.4. The number of amides is 1. The summed E-state index contributed by atoms with van der Waals surface area (Å²) in [5, 5.41) is 2.96. The Labute approximate surface area is 139 Å². The Balaban J connectivity index is 4.93. The Kier molecular flexibility index (Phi) is 11.5. The van der Waals surface area contributed by atoms with Gasteiger partial charge in [-0.2, -0.15) is 0 Å². The average Bonchev–Trinajstić information content (AvgIpc) is 2.48. The van der Waals surface area contributed by atoms with Crippen molar-refractivity contribution in [2.24, 2.45) is 0 Å². The molecule has 0 aliphatic rings. The second-order valence-corrected chi connectivity index (χ2v) is 10.9. The number of unbranched alkanes of at least 4 members (excludes halogenated alkanes) is 3. The van der Waals surface area contributed by atoms with Gasteiger partial charge < -0.3 is 5.32 Å². The number of rotatable bonds is 13. The predicted octanol–water partition coefficient (Wildman–Crippen LogP) is 5.61. The van der Waals surface area contributed by atoms with Gasteiger partial charge in [-0.15, -0.1) is 0 Å². The number of carbonyl (C=O) groups is 1. The summed E-state index contributed by atoms with van der Waals surface area (Å²) in [5.41, 5.74) is 1.51. The average molecular weight is 326 g/mol. The standard InChI is InChI=1S/C19H36NOP/c1-7-10-13-22(14-11-8-2,15-12-9-3)16-19(21)20-18(6)17(4)5/h4,6-16H2,1-3,5H3/p+1. The number of hydrogen-bond donors (Lipinski definition) is 1. The lowest BCUT2D eigenvalue weighted by Crippen LogP contribution is -2.29. The molecule has 0 saturated heterocycles. The highest BCUT2D eigenvalue weighted by Gasteiger charge is 2.38. The lowest BCUT2D eigenvalue weighted by molar-refractivity contribution is -0.117. The highest BCUT2D eigenvalue weighted by Crippen LogP contribution is 2.60. The zero-order chi connectivity index (χ0) is 17.0. The van der Waals surface area contributed by atoms with Crippen LogP contribution < -0.4 is 5.32 Å². The van der Waals surface area contributed by atoms with Crippen molar-refractivity contribution in [2.75, 3.05) is 24.6 Å². The zero-order valence-electron chi connectivity index (χ0n) is 15.3. The van der Waals surface area contributed by atoms with E-state index in [1.54, 1.807) is 0 Å². The Hall–Kier alpha value is -0.620. The minimum Gasteiger partial charge on any atom is -0.323 e. The Morgan fingerprint density at radius 1 is 0.909 bits per heavy atom. The van der Waals surface area contributed by atoms with Gasteiger partial charge in [-0.3, -0.25) is 4.79 Å². The van der Waals surface area contributed by atoms with Gasteiger partial charge in [0, 0.05) is 13.0 Å². The van der Waals surface area contributed by atoms with E-state index in [1.807, 2.05) is 6.92 Å². The summed E-state index contributed by atoms with van der Waals surface area (Å²) in [6.07, 6.45) is 12.0. The first-order valence-corrected chi connectivity index (χ1v) is 11.4. The third-order valence-electron chi connectivity index (χ3n) is 4.24. The smallest absolute Gasteiger partial charge is 0.261 e. The SMILES string of the molecule is C=C(C)C(=C)NC(=O)C[P+](CCCC)(CCCC)CCCC. The summed E-state index contributed by atoms with van der Waals surface area (Å²) in [6.45, 7) is 16.4. The Morgan fingerprint density at radius 2 is 1.32 bits per heavy atom. The van der Waals surface area contributed by atoms with Gasteiger partial charge in [0.25, 0.3) is 5.91 Å². The first-order chi connectivity index (χ1) is 10.4. The Bertz CT molecular complexity index is 341. The fourth-order valence-electron chi connectivity index (χ4n) is 2.67. The molecule has 1 N–H and O–H groups in total. The van der Waals surface area contributed by atoms with Gasteiger partial charge >= 0.3 is 0 Å². The van der Waals surface area contributed by atoms with Crippen LogP contribution in [0, 0.1) is 0 Å². The van der Waals surface area contributed by atoms with Crippen LogP contribution in [-0.4, -0.2) is 30.6 Å². The molecular weight excluding hydrogens is 289 g/mol. The number of allylic oxidation sites excluding steroid dienone is 1. The summed E-state index contributed by atoms with van der Waals surface area (Å²) in [7, 11) is -1.17. The van der Waals surface area contributed by atoms with Crippen LogP contribution in [0.15, 0.2) is 24.4 Å². The van der Waals surface area contributed by atoms with Gasteiger partial charge in [-0.05, 0) is 31.8 Å². The van der Waals surface area contributed by atoms with Crippen molar-refractivity contribution >= 4 is 13.2 Å². The highest BCUT2D eigenvalue weighted by atomic mass is 31.2. The maximum Gasteiger partial charge on any atom is 0.261 e. The second-order valence-electron chi connectivity index (χ2n) is 6.54. The lowest BCUT2D eigenvalue weighted by Gasteiger charge is -2.27. The van der Waals surface area contributed by atoms with E-state index in [9.17, 15) is 4.79 Å². The molecule has 0 rings (SSSR count). The molecule has 0 aliphatic carbocycles. The molecule has 0 spiro atoms. The molecule has 0 aliphatic heterocycles. The maximum absolute atomic E-state index is 12.5. The third kappa shape index (κ3) is 8.73. The van der Waals surface area contributed by atoms with Gasteiger partial charge in [0.2, 0.25) is 0 Å². The number of hydrogen-bond acceptors (Lipinski definition) is 1. The summed E-state index contributed by atoms with van der Waals surface area (Å²) in [5.74, 6) is 0.157. The molecule has 0 aromatic carbocycles. The van der Waals surface area contributed by atoms with E-state index in [0.29, 0.717) is 5.70 Å². The summed E-state index contributed by atoms with van der Waals surface area (Å²) >= 11 is 0. The monoisotopic (exact) mass is 326 g/mol. The molecular formula is C19H37NOP+. The molecule has 0 heterocycles. The van der Waals surface area contributed by atoms with E-state index >= 15 is 0 Å². The van der Waals surface area contributed by atoms with Gasteiger partial charge in [0.1, 0.15) is 6.16 Å². The summed E-state index contributed by atoms with van der Waals surface area (Å²) < 4.78 is 0. The van der Waals surface area contributed by atoms with Gasteiger partial charge in [-0.25, -0.2) is 0 Å². The maximum atomic E-state index is 12.5. The quantitative estimate of drug-likeness (QED) is 0.346. The first-order valence-electron chi connectivity index (χ1n) is 8.90. The molecule has 0 saturated carbocycles. The molecule has 3 heteroatoms. The van der Waals surface area contributed by atoms with Crippen molar-refractivity contribution in [2.45, 2.75) is 66.2 Å². The largest absolute Gasteiger partial charge is 0.323 e. The van der Waals surface area contributed by atoms with E-state index in [2.05, 4.69) is 39.2 Å². The van der Waals surface area contributed by atoms with Crippen molar-refractivity contribution in [1.82, 2.24) is 5.32 Å². The highest BCUT2D eigenvalue weighted by molar-refractivity contribution is 7.76. The molecule has 0 bridgehead atoms. The van der Waals surface area contributed by atoms with E-state index in [1.165, 1.54) is 57.0 Å². The molecule has 0 fully saturated rings. The van der Waals surface area contributed by atoms with Crippen molar-refractivity contribution in [3.63, 3.8) is 0 Å². The minimum absolute atomic E-state index is 0.157. The van der Waals surface area contributed by atoms with E-state index < -0.39 is 7.26 Å². The molecule has 0 aromatic rings. The summed E-state index contributed by atoms with van der Waals surface area (Å²) in [6, 6.07) is 0. The van der Waals surface area contributed by atoms with Crippen molar-refractivity contribution in [3.05, 3.63) is 24.4 Å². The van der Waals surface area contributed by atoms with E-state index in [4.69, 9.17) is 0 Å². The van der Waals surface area contributed by atoms with Crippen LogP contribution in [0.25, 0.3) is 0 Å². The molecule has 2 nitrogen and oxygen atoms in total. The molecule has 1 amide bonds. The van der Waals surface area contributed by atoms with Crippen LogP contribution in [0.2, 0.25) is 0 Å². The predicted molar refractivity (Wildman–Crippen MR) is 103 cm³/mol. The van der Waals surface area contributed by atoms with Crippen molar-refractivity contribution in [1.29, 1.82) is 0 Å². The zero-order valence-corrected chi connectivity index (χ0v) is 16.2. The van der Waals surface area contributed by atoms with Crippen molar-refractivity contribution in [3.8, 4) is 0 Å². The molecule has 0 unspecified atom stereocenters. The Morgan fingerprint density at radius 3 is 1.64 bits per heavy atom. The van der Waals surface area contributed by atoms with Crippen LogP contribution in [0.1, 0.15) is 66.2 Å². The van der Waals surface area contributed by atoms with Crippen LogP contribution in [0.3, 0.4) is 0 Å². The third-order valence-corrected chi connectivity index (χ3v) is 9.00. The normalized spacial score (nSPS) is 11.3. The molecule has 22 heavy (non-hydrogen) atoms. The molecule has 0 atom stereocenters. The molecule has 0 radical (unpaired) electrons. The van der Waals surface area contributed by atoms with Gasteiger partial charge in [0.05, 0.1) is 18.5 Å². The fourth-order valence-corrected chi connectivity index (χ4v) is 7.47. The van der Waals surface area contributed by atoms with Crippen LogP contribution >= 0.6 is 7.26 Å². The fraction of sp³-hybridized carbons (Fsp3) is 0.737. The topological polar surface area (TPSA) is 29.1 Å². The van der Waals surface area contributed by atoms with Crippen LogP contribution in [0.5, 0.6) is 0 Å². The number of carbonyl (C=O) groups excluding carboxylic acids is 1. The minimum atomic E-state index is -1.17. The second kappa shape index (κ2) is 11.9. The summed E-state index contributed by atoms with van der Waals surface area (Å²) in [4.78, 5) is 12.5. The van der Waals surface area contributed by atoms with Crippen LogP contribution in [-0.2, 0) is 4.79 Å². The lowest BCUT2D eigenvalue weighted by atomic mass is 10.3. The molecule has 0 aromatic heterocycles. The van der Waals surface area contributed by atoms with Gasteiger partial charge in [0.15, 0.2) is 0 Å². The van der Waals surface area contributed by atoms with E-state index in [0.717, 1.165) is 11.7 Å². The number of nitrogens with one attached hydrogen (secondary N) is 1. The van der Waals surface area contributed by atoms with Gasteiger partial charge in [-0.1, -0.05) is 53.2 Å². The van der Waals surface area contributed by atoms with Crippen LogP contribution in [0.4, 0.5) is 0 Å². The van der Waals surface area contributed by atoms with Crippen molar-refractivity contribution < 1.29 is 4.79 Å². The molecule has 128 valence electrons.